The first-order valence-corrected chi connectivity index (χ1v) is 11.1. The average molecular weight is 440 g/mol. The van der Waals surface area contributed by atoms with Gasteiger partial charge in [-0.1, -0.05) is 42.5 Å². The van der Waals surface area contributed by atoms with Crippen molar-refractivity contribution in [1.29, 1.82) is 0 Å². The molecule has 0 N–H and O–H groups in total. The van der Waals surface area contributed by atoms with Crippen molar-refractivity contribution in [3.05, 3.63) is 77.6 Å². The van der Waals surface area contributed by atoms with Gasteiger partial charge in [-0.25, -0.2) is 4.79 Å². The van der Waals surface area contributed by atoms with Crippen LogP contribution in [0.4, 0.5) is 4.79 Å². The highest BCUT2D eigenvalue weighted by Crippen LogP contribution is 2.24. The lowest BCUT2D eigenvalue weighted by Crippen LogP contribution is -2.43. The number of carbonyl (C=O) groups excluding carboxylic acids is 1. The first-order valence-electron chi connectivity index (χ1n) is 11.1. The molecule has 6 nitrogen and oxygen atoms in total. The molecule has 3 rings (SSSR count). The molecule has 2 aromatic carbocycles. The summed E-state index contributed by atoms with van der Waals surface area (Å²) in [5.41, 5.74) is 2.11. The molecule has 1 atom stereocenters. The molecule has 1 unspecified atom stereocenters. The topological polar surface area (TPSA) is 57.2 Å². The highest BCUT2D eigenvalue weighted by Gasteiger charge is 2.28. The van der Waals surface area contributed by atoms with Crippen LogP contribution < -0.4 is 4.74 Å². The molecule has 0 spiro atoms. The summed E-state index contributed by atoms with van der Waals surface area (Å²) in [6.07, 6.45) is 5.17. The maximum absolute atomic E-state index is 12.7. The van der Waals surface area contributed by atoms with Crippen LogP contribution in [-0.4, -0.2) is 44.4 Å². The van der Waals surface area contributed by atoms with Crippen LogP contribution in [0.1, 0.15) is 36.8 Å². The number of rotatable bonds is 11. The lowest BCUT2D eigenvalue weighted by Gasteiger charge is -2.34. The van der Waals surface area contributed by atoms with Gasteiger partial charge in [0.1, 0.15) is 12.4 Å². The van der Waals surface area contributed by atoms with Crippen molar-refractivity contribution in [1.82, 2.24) is 4.90 Å². The number of carbonyl (C=O) groups is 1. The second-order valence-corrected chi connectivity index (χ2v) is 7.82. The standard InChI is InChI=1S/C26H33NO5/c1-29-24-13-11-22(12-14-24)19-31-17-7-6-10-23-18-25(30-2)15-16-27(23)26(28)32-20-21-8-4-3-5-9-21/h3-5,8-9,11-15,23H,6-7,10,16-20H2,1-2H3. The Morgan fingerprint density at radius 3 is 2.41 bits per heavy atom. The largest absolute Gasteiger partial charge is 0.501 e. The number of hydrogen-bond acceptors (Lipinski definition) is 5. The Hall–Kier alpha value is -2.99. The Balaban J connectivity index is 1.41. The third-order valence-corrected chi connectivity index (χ3v) is 5.60. The van der Waals surface area contributed by atoms with Crippen molar-refractivity contribution in [3.63, 3.8) is 0 Å². The quantitative estimate of drug-likeness (QED) is 0.443. The molecule has 0 saturated heterocycles. The van der Waals surface area contributed by atoms with Gasteiger partial charge in [0.2, 0.25) is 0 Å². The van der Waals surface area contributed by atoms with Gasteiger partial charge in [0, 0.05) is 25.6 Å². The van der Waals surface area contributed by atoms with Crippen LogP contribution in [0.15, 0.2) is 66.4 Å². The van der Waals surface area contributed by atoms with E-state index in [0.29, 0.717) is 26.2 Å². The smallest absolute Gasteiger partial charge is 0.410 e. The van der Waals surface area contributed by atoms with Crippen LogP contribution in [0.25, 0.3) is 0 Å². The SMILES string of the molecule is COC1=CCN(C(=O)OCc2ccccc2)C(CCCCOCc2ccc(OC)cc2)C1. The molecule has 1 aliphatic heterocycles. The zero-order chi connectivity index (χ0) is 22.6. The van der Waals surface area contributed by atoms with E-state index in [0.717, 1.165) is 41.9 Å². The summed E-state index contributed by atoms with van der Waals surface area (Å²) in [5.74, 6) is 1.77. The van der Waals surface area contributed by atoms with Crippen molar-refractivity contribution in [2.75, 3.05) is 27.4 Å². The Morgan fingerprint density at radius 1 is 0.938 bits per heavy atom. The van der Waals surface area contributed by atoms with Crippen molar-refractivity contribution < 1.29 is 23.7 Å². The zero-order valence-electron chi connectivity index (χ0n) is 19.0. The van der Waals surface area contributed by atoms with Crippen LogP contribution in [0, 0.1) is 0 Å². The molecule has 0 fully saturated rings. The molecular formula is C26H33NO5. The summed E-state index contributed by atoms with van der Waals surface area (Å²) in [5, 5.41) is 0. The highest BCUT2D eigenvalue weighted by atomic mass is 16.6. The van der Waals surface area contributed by atoms with E-state index in [2.05, 4.69) is 0 Å². The van der Waals surface area contributed by atoms with Gasteiger partial charge in [-0.15, -0.1) is 0 Å². The molecule has 0 saturated carbocycles. The molecule has 2 aromatic rings. The summed E-state index contributed by atoms with van der Waals surface area (Å²) in [6, 6.07) is 17.7. The van der Waals surface area contributed by atoms with Gasteiger partial charge in [0.05, 0.1) is 26.6 Å². The van der Waals surface area contributed by atoms with E-state index in [-0.39, 0.29) is 18.7 Å². The van der Waals surface area contributed by atoms with E-state index in [4.69, 9.17) is 18.9 Å². The summed E-state index contributed by atoms with van der Waals surface area (Å²) >= 11 is 0. The van der Waals surface area contributed by atoms with Crippen molar-refractivity contribution in [2.45, 2.75) is 44.9 Å². The summed E-state index contributed by atoms with van der Waals surface area (Å²) in [6.45, 7) is 2.06. The van der Waals surface area contributed by atoms with Crippen LogP contribution in [-0.2, 0) is 27.4 Å². The van der Waals surface area contributed by atoms with Crippen LogP contribution in [0.5, 0.6) is 5.75 Å². The first kappa shape index (κ1) is 23.7. The van der Waals surface area contributed by atoms with Gasteiger partial charge < -0.3 is 23.8 Å². The Bertz CT molecular complexity index is 850. The fourth-order valence-electron chi connectivity index (χ4n) is 3.72. The summed E-state index contributed by atoms with van der Waals surface area (Å²) in [4.78, 5) is 14.5. The van der Waals surface area contributed by atoms with E-state index < -0.39 is 0 Å². The summed E-state index contributed by atoms with van der Waals surface area (Å²) < 4.78 is 22.0. The monoisotopic (exact) mass is 439 g/mol. The molecule has 0 aromatic heterocycles. The second-order valence-electron chi connectivity index (χ2n) is 7.82. The minimum absolute atomic E-state index is 0.0693. The van der Waals surface area contributed by atoms with Crippen LogP contribution in [0.2, 0.25) is 0 Å². The van der Waals surface area contributed by atoms with Crippen molar-refractivity contribution >= 4 is 6.09 Å². The average Bonchev–Trinajstić information content (AvgIpc) is 2.85. The minimum Gasteiger partial charge on any atom is -0.501 e. The van der Waals surface area contributed by atoms with Crippen LogP contribution >= 0.6 is 0 Å². The lowest BCUT2D eigenvalue weighted by atomic mass is 10.0. The molecule has 0 bridgehead atoms. The molecule has 0 aliphatic carbocycles. The molecule has 6 heteroatoms. The first-order chi connectivity index (χ1) is 15.7. The fourth-order valence-corrected chi connectivity index (χ4v) is 3.72. The van der Waals surface area contributed by atoms with E-state index in [1.54, 1.807) is 14.2 Å². The van der Waals surface area contributed by atoms with Gasteiger partial charge >= 0.3 is 6.09 Å². The van der Waals surface area contributed by atoms with Gasteiger partial charge in [-0.3, -0.25) is 0 Å². The molecule has 172 valence electrons. The van der Waals surface area contributed by atoms with Crippen LogP contribution in [0.3, 0.4) is 0 Å². The molecule has 1 aliphatic rings. The Labute approximate surface area is 190 Å². The van der Waals surface area contributed by atoms with Gasteiger partial charge in [0.25, 0.3) is 0 Å². The highest BCUT2D eigenvalue weighted by molar-refractivity contribution is 5.68. The minimum atomic E-state index is -0.277. The number of nitrogens with zero attached hydrogens (tertiary/aromatic N) is 1. The second kappa shape index (κ2) is 12.8. The number of unbranched alkanes of at least 4 members (excludes halogenated alkanes) is 1. The maximum Gasteiger partial charge on any atom is 0.410 e. The van der Waals surface area contributed by atoms with E-state index >= 15 is 0 Å². The molecular weight excluding hydrogens is 406 g/mol. The summed E-state index contributed by atoms with van der Waals surface area (Å²) in [7, 11) is 3.34. The fraction of sp³-hybridized carbons (Fsp3) is 0.423. The normalized spacial score (nSPS) is 15.8. The zero-order valence-corrected chi connectivity index (χ0v) is 19.0. The van der Waals surface area contributed by atoms with Crippen molar-refractivity contribution in [2.24, 2.45) is 0 Å². The van der Waals surface area contributed by atoms with E-state index in [1.807, 2.05) is 65.6 Å². The lowest BCUT2D eigenvalue weighted by molar-refractivity contribution is 0.0724. The van der Waals surface area contributed by atoms with Gasteiger partial charge in [-0.05, 0) is 48.6 Å². The number of amides is 1. The maximum atomic E-state index is 12.7. The van der Waals surface area contributed by atoms with E-state index in [1.165, 1.54) is 0 Å². The molecule has 0 radical (unpaired) electrons. The van der Waals surface area contributed by atoms with Gasteiger partial charge in [0.15, 0.2) is 0 Å². The Morgan fingerprint density at radius 2 is 1.69 bits per heavy atom. The Kier molecular flexibility index (Phi) is 9.44. The number of benzene rings is 2. The third-order valence-electron chi connectivity index (χ3n) is 5.60. The van der Waals surface area contributed by atoms with Crippen molar-refractivity contribution in [3.8, 4) is 5.75 Å². The third kappa shape index (κ3) is 7.31. The molecule has 1 amide bonds. The number of methoxy groups -OCH3 is 2. The predicted molar refractivity (Wildman–Crippen MR) is 123 cm³/mol. The predicted octanol–water partition coefficient (Wildman–Crippen LogP) is 5.32. The molecule has 32 heavy (non-hydrogen) atoms. The number of hydrogen-bond donors (Lipinski definition) is 0. The molecule has 1 heterocycles. The van der Waals surface area contributed by atoms with E-state index in [9.17, 15) is 4.79 Å². The number of ether oxygens (including phenoxy) is 4. The van der Waals surface area contributed by atoms with Gasteiger partial charge in [-0.2, -0.15) is 0 Å².